The molecule has 130 valence electrons. The maximum absolute atomic E-state index is 10.5. The highest BCUT2D eigenvalue weighted by Gasteiger charge is 2.09. The minimum Gasteiger partial charge on any atom is -0.760 e. The molecule has 1 unspecified atom stereocenters. The Bertz CT molecular complexity index is 916. The maximum Gasteiger partial charge on any atom is 0.163 e. The lowest BCUT2D eigenvalue weighted by molar-refractivity contribution is 0.355. The first-order valence-corrected chi connectivity index (χ1v) is 8.49. The molecule has 2 aromatic carbocycles. The van der Waals surface area contributed by atoms with E-state index in [4.69, 9.17) is 9.47 Å². The summed E-state index contributed by atoms with van der Waals surface area (Å²) in [5.41, 5.74) is 3.86. The van der Waals surface area contributed by atoms with Gasteiger partial charge in [-0.25, -0.2) is 9.71 Å². The summed E-state index contributed by atoms with van der Waals surface area (Å²) in [7, 11) is 3.15. The molecule has 0 radical (unpaired) electrons. The van der Waals surface area contributed by atoms with E-state index in [-0.39, 0.29) is 6.54 Å². The van der Waals surface area contributed by atoms with Crippen LogP contribution in [0.3, 0.4) is 0 Å². The number of nitrogens with zero attached hydrogens (tertiary/aromatic N) is 2. The molecule has 25 heavy (non-hydrogen) atoms. The predicted octanol–water partition coefficient (Wildman–Crippen LogP) is 2.20. The van der Waals surface area contributed by atoms with Gasteiger partial charge >= 0.3 is 0 Å². The summed E-state index contributed by atoms with van der Waals surface area (Å²) in [6.07, 6.45) is 1.69. The highest BCUT2D eigenvalue weighted by Crippen LogP contribution is 2.31. The molecule has 8 heteroatoms. The third-order valence-electron chi connectivity index (χ3n) is 3.69. The summed E-state index contributed by atoms with van der Waals surface area (Å²) in [5, 5.41) is 0. The molecule has 0 saturated heterocycles. The van der Waals surface area contributed by atoms with Crippen LogP contribution in [0.5, 0.6) is 11.5 Å². The highest BCUT2D eigenvalue weighted by molar-refractivity contribution is 7.77. The number of nitrogens with one attached hydrogen (secondary N) is 1. The number of aromatic nitrogens is 2. The van der Waals surface area contributed by atoms with Gasteiger partial charge in [0.05, 0.1) is 37.1 Å². The average molecular weight is 358 g/mol. The van der Waals surface area contributed by atoms with Gasteiger partial charge in [-0.2, -0.15) is 0 Å². The minimum absolute atomic E-state index is 0.247. The molecule has 1 atom stereocenters. The summed E-state index contributed by atoms with van der Waals surface area (Å²) in [5.74, 6) is 1.19. The monoisotopic (exact) mass is 358 g/mol. The van der Waals surface area contributed by atoms with Crippen molar-refractivity contribution in [2.75, 3.05) is 14.2 Å². The van der Waals surface area contributed by atoms with E-state index >= 15 is 0 Å². The van der Waals surface area contributed by atoms with Crippen molar-refractivity contribution >= 4 is 22.3 Å². The van der Waals surface area contributed by atoms with Gasteiger partial charge in [-0.3, -0.25) is 9.19 Å². The Balaban J connectivity index is 1.91. The van der Waals surface area contributed by atoms with Crippen LogP contribution >= 0.6 is 0 Å². The summed E-state index contributed by atoms with van der Waals surface area (Å²) in [6, 6.07) is 11.0. The third kappa shape index (κ3) is 3.93. The molecule has 1 heterocycles. The molecule has 1 N–H and O–H groups in total. The van der Waals surface area contributed by atoms with Crippen LogP contribution in [0, 0.1) is 0 Å². The Labute approximate surface area is 147 Å². The van der Waals surface area contributed by atoms with Crippen molar-refractivity contribution in [3.05, 3.63) is 48.2 Å². The largest absolute Gasteiger partial charge is 0.760 e. The molecule has 0 fully saturated rings. The molecule has 0 bridgehead atoms. The molecule has 0 amide bonds. The van der Waals surface area contributed by atoms with Crippen molar-refractivity contribution in [3.8, 4) is 22.8 Å². The number of methoxy groups -OCH3 is 2. The molecule has 3 rings (SSSR count). The second-order valence-electron chi connectivity index (χ2n) is 5.20. The normalized spacial score (nSPS) is 12.1. The molecule has 0 saturated carbocycles. The van der Waals surface area contributed by atoms with Gasteiger partial charge in [-0.15, -0.1) is 0 Å². The fourth-order valence-electron chi connectivity index (χ4n) is 2.41. The minimum atomic E-state index is -2.27. The average Bonchev–Trinajstić information content (AvgIpc) is 2.65. The zero-order valence-electron chi connectivity index (χ0n) is 13.7. The number of fused-ring (bicyclic) bond motifs is 1. The van der Waals surface area contributed by atoms with Gasteiger partial charge in [0.2, 0.25) is 0 Å². The molecule has 3 aromatic rings. The number of hydrogen-bond acceptors (Lipinski definition) is 6. The molecule has 1 aromatic heterocycles. The molecule has 0 aliphatic heterocycles. The van der Waals surface area contributed by atoms with E-state index in [9.17, 15) is 8.76 Å². The molecule has 7 nitrogen and oxygen atoms in total. The van der Waals surface area contributed by atoms with Crippen molar-refractivity contribution < 1.29 is 18.2 Å². The van der Waals surface area contributed by atoms with Gasteiger partial charge in [0.25, 0.3) is 0 Å². The van der Waals surface area contributed by atoms with E-state index < -0.39 is 11.3 Å². The molecule has 0 aliphatic carbocycles. The van der Waals surface area contributed by atoms with Gasteiger partial charge in [0, 0.05) is 35.5 Å². The highest BCUT2D eigenvalue weighted by atomic mass is 32.2. The lowest BCUT2D eigenvalue weighted by atomic mass is 10.1. The Morgan fingerprint density at radius 1 is 1.08 bits per heavy atom. The van der Waals surface area contributed by atoms with E-state index in [2.05, 4.69) is 14.7 Å². The van der Waals surface area contributed by atoms with Gasteiger partial charge < -0.3 is 14.0 Å². The van der Waals surface area contributed by atoms with Gasteiger partial charge in [-0.1, -0.05) is 24.3 Å². The SMILES string of the molecule is COc1cc2ncc(-c3ccc(CNS(=O)[O-])cc3)nc2cc1OC. The number of hydrogen-bond donors (Lipinski definition) is 1. The van der Waals surface area contributed by atoms with Gasteiger partial charge in [-0.05, 0) is 5.56 Å². The lowest BCUT2D eigenvalue weighted by Crippen LogP contribution is -2.15. The standard InChI is InChI=1S/C17H17N3O4S/c1-23-16-7-13-14(8-17(16)24-2)20-15(10-18-13)12-5-3-11(4-6-12)9-19-25(21)22/h3-8,10,19H,9H2,1-2H3,(H,21,22)/p-1. The number of ether oxygens (including phenoxy) is 2. The zero-order chi connectivity index (χ0) is 17.8. The second kappa shape index (κ2) is 7.56. The van der Waals surface area contributed by atoms with E-state index in [1.165, 1.54) is 0 Å². The Kier molecular flexibility index (Phi) is 5.22. The van der Waals surface area contributed by atoms with E-state index in [1.807, 2.05) is 24.3 Å². The molecular weight excluding hydrogens is 342 g/mol. The van der Waals surface area contributed by atoms with Crippen LogP contribution in [0.15, 0.2) is 42.6 Å². The molecular formula is C17H16N3O4S-. The summed E-state index contributed by atoms with van der Waals surface area (Å²) >= 11 is -2.27. The Hall–Kier alpha value is -2.55. The predicted molar refractivity (Wildman–Crippen MR) is 93.8 cm³/mol. The number of benzene rings is 2. The summed E-state index contributed by atoms with van der Waals surface area (Å²) in [4.78, 5) is 9.05. The topological polar surface area (TPSA) is 96.4 Å². The van der Waals surface area contributed by atoms with Gasteiger partial charge in [0.1, 0.15) is 0 Å². The maximum atomic E-state index is 10.5. The van der Waals surface area contributed by atoms with Crippen molar-refractivity contribution in [2.45, 2.75) is 6.54 Å². The van der Waals surface area contributed by atoms with Gasteiger partial charge in [0.15, 0.2) is 11.5 Å². The van der Waals surface area contributed by atoms with Crippen LogP contribution < -0.4 is 14.2 Å². The van der Waals surface area contributed by atoms with E-state index in [0.29, 0.717) is 28.2 Å². The zero-order valence-corrected chi connectivity index (χ0v) is 14.5. The van der Waals surface area contributed by atoms with Crippen LogP contribution in [0.1, 0.15) is 5.56 Å². The van der Waals surface area contributed by atoms with Crippen molar-refractivity contribution in [2.24, 2.45) is 0 Å². The van der Waals surface area contributed by atoms with Crippen molar-refractivity contribution in [1.29, 1.82) is 0 Å². The van der Waals surface area contributed by atoms with Crippen molar-refractivity contribution in [1.82, 2.24) is 14.7 Å². The van der Waals surface area contributed by atoms with E-state index in [0.717, 1.165) is 11.1 Å². The van der Waals surface area contributed by atoms with Crippen LogP contribution in [0.2, 0.25) is 0 Å². The quantitative estimate of drug-likeness (QED) is 0.679. The van der Waals surface area contributed by atoms with E-state index in [1.54, 1.807) is 32.5 Å². The molecule has 0 aliphatic rings. The summed E-state index contributed by atoms with van der Waals surface area (Å²) < 4.78 is 34.0. The first kappa shape index (κ1) is 17.3. The van der Waals surface area contributed by atoms with Crippen LogP contribution in [0.25, 0.3) is 22.3 Å². The lowest BCUT2D eigenvalue weighted by Gasteiger charge is -2.10. The van der Waals surface area contributed by atoms with Crippen molar-refractivity contribution in [3.63, 3.8) is 0 Å². The Morgan fingerprint density at radius 2 is 1.72 bits per heavy atom. The van der Waals surface area contributed by atoms with Crippen LogP contribution in [0.4, 0.5) is 0 Å². The first-order chi connectivity index (χ1) is 12.1. The third-order valence-corrected chi connectivity index (χ3v) is 4.07. The van der Waals surface area contributed by atoms with Crippen LogP contribution in [-0.2, 0) is 17.8 Å². The number of rotatable bonds is 6. The Morgan fingerprint density at radius 3 is 2.32 bits per heavy atom. The molecule has 0 spiro atoms. The fraction of sp³-hybridized carbons (Fsp3) is 0.176. The van der Waals surface area contributed by atoms with Crippen LogP contribution in [-0.4, -0.2) is 32.9 Å². The second-order valence-corrected chi connectivity index (χ2v) is 5.96. The summed E-state index contributed by atoms with van der Waals surface area (Å²) in [6.45, 7) is 0.247. The smallest absolute Gasteiger partial charge is 0.163 e. The fourth-order valence-corrected chi connectivity index (χ4v) is 2.70. The first-order valence-electron chi connectivity index (χ1n) is 7.41.